The number of benzene rings is 1. The van der Waals surface area contributed by atoms with Crippen LogP contribution in [-0.4, -0.2) is 25.8 Å². The third-order valence-electron chi connectivity index (χ3n) is 3.39. The monoisotopic (exact) mass is 279 g/mol. The van der Waals surface area contributed by atoms with E-state index in [1.54, 1.807) is 24.3 Å². The van der Waals surface area contributed by atoms with Crippen molar-refractivity contribution in [2.45, 2.75) is 18.0 Å². The summed E-state index contributed by atoms with van der Waals surface area (Å²) in [7, 11) is -1.81. The minimum absolute atomic E-state index is 0.105. The Balaban J connectivity index is 2.42. The van der Waals surface area contributed by atoms with Crippen LogP contribution in [0.15, 0.2) is 34.1 Å². The molecule has 0 saturated carbocycles. The maximum Gasteiger partial charge on any atom is 0.259 e. The molecule has 0 spiro atoms. The topological polar surface area (TPSA) is 65.4 Å². The molecule has 0 bridgehead atoms. The molecule has 0 saturated heterocycles. The SMILES string of the molecule is COc1ccc2cc3n(c(=O)c2c1)CCCS3(=O)=O. The van der Waals surface area contributed by atoms with Crippen LogP contribution in [0.25, 0.3) is 10.8 Å². The van der Waals surface area contributed by atoms with Gasteiger partial charge in [0.25, 0.3) is 5.56 Å². The summed E-state index contributed by atoms with van der Waals surface area (Å²) >= 11 is 0. The van der Waals surface area contributed by atoms with Crippen LogP contribution in [0.1, 0.15) is 6.42 Å². The van der Waals surface area contributed by atoms with Crippen LogP contribution in [0.2, 0.25) is 0 Å². The maximum atomic E-state index is 12.4. The number of ether oxygens (including phenoxy) is 1. The third kappa shape index (κ3) is 1.83. The molecule has 2 aromatic rings. The van der Waals surface area contributed by atoms with Crippen molar-refractivity contribution in [1.82, 2.24) is 4.57 Å². The Kier molecular flexibility index (Phi) is 2.63. The van der Waals surface area contributed by atoms with Gasteiger partial charge in [0.1, 0.15) is 10.8 Å². The summed E-state index contributed by atoms with van der Waals surface area (Å²) in [4.78, 5) is 12.4. The average molecular weight is 279 g/mol. The highest BCUT2D eigenvalue weighted by molar-refractivity contribution is 7.91. The fraction of sp³-hybridized carbons (Fsp3) is 0.308. The lowest BCUT2D eigenvalue weighted by atomic mass is 10.1. The molecule has 0 atom stereocenters. The molecule has 6 heteroatoms. The van der Waals surface area contributed by atoms with Crippen molar-refractivity contribution in [3.05, 3.63) is 34.6 Å². The van der Waals surface area contributed by atoms with Gasteiger partial charge in [-0.05, 0) is 30.0 Å². The smallest absolute Gasteiger partial charge is 0.259 e. The summed E-state index contributed by atoms with van der Waals surface area (Å²) in [6.07, 6.45) is 0.477. The molecule has 1 aliphatic heterocycles. The first-order valence-corrected chi connectivity index (χ1v) is 7.62. The van der Waals surface area contributed by atoms with Crippen molar-refractivity contribution in [2.24, 2.45) is 0 Å². The van der Waals surface area contributed by atoms with Gasteiger partial charge >= 0.3 is 0 Å². The molecule has 1 aromatic heterocycles. The number of nitrogens with zero attached hydrogens (tertiary/aromatic N) is 1. The molecular formula is C13H13NO4S. The molecule has 19 heavy (non-hydrogen) atoms. The van der Waals surface area contributed by atoms with Crippen LogP contribution < -0.4 is 10.3 Å². The van der Waals surface area contributed by atoms with Crippen LogP contribution >= 0.6 is 0 Å². The predicted octanol–water partition coefficient (Wildman–Crippen LogP) is 1.19. The maximum absolute atomic E-state index is 12.4. The third-order valence-corrected chi connectivity index (χ3v) is 5.20. The number of hydrogen-bond donors (Lipinski definition) is 0. The zero-order valence-electron chi connectivity index (χ0n) is 10.4. The summed E-state index contributed by atoms with van der Waals surface area (Å²) in [5.74, 6) is 0.692. The molecule has 0 N–H and O–H groups in total. The lowest BCUT2D eigenvalue weighted by Crippen LogP contribution is -2.31. The second-order valence-electron chi connectivity index (χ2n) is 4.56. The number of rotatable bonds is 1. The van der Waals surface area contributed by atoms with Crippen molar-refractivity contribution < 1.29 is 13.2 Å². The zero-order valence-corrected chi connectivity index (χ0v) is 11.2. The first kappa shape index (κ1) is 12.2. The van der Waals surface area contributed by atoms with Crippen LogP contribution in [0, 0.1) is 0 Å². The van der Waals surface area contributed by atoms with Gasteiger partial charge in [0.15, 0.2) is 9.84 Å². The van der Waals surface area contributed by atoms with Crippen LogP contribution in [-0.2, 0) is 16.4 Å². The number of sulfone groups is 1. The van der Waals surface area contributed by atoms with E-state index >= 15 is 0 Å². The Morgan fingerprint density at radius 3 is 2.79 bits per heavy atom. The van der Waals surface area contributed by atoms with Gasteiger partial charge in [-0.25, -0.2) is 8.42 Å². The summed E-state index contributed by atoms with van der Waals surface area (Å²) in [5, 5.41) is 1.24. The minimum Gasteiger partial charge on any atom is -0.497 e. The lowest BCUT2D eigenvalue weighted by Gasteiger charge is -2.19. The lowest BCUT2D eigenvalue weighted by molar-refractivity contribution is 0.415. The number of pyridine rings is 1. The number of methoxy groups -OCH3 is 1. The van der Waals surface area contributed by atoms with Crippen LogP contribution in [0.3, 0.4) is 0 Å². The molecule has 0 amide bonds. The summed E-state index contributed by atoms with van der Waals surface area (Å²) in [6.45, 7) is 0.445. The molecule has 0 unspecified atom stereocenters. The van der Waals surface area contributed by atoms with E-state index in [-0.39, 0.29) is 16.3 Å². The Bertz CT molecular complexity index is 820. The molecule has 100 valence electrons. The highest BCUT2D eigenvalue weighted by atomic mass is 32.2. The van der Waals surface area contributed by atoms with Gasteiger partial charge in [-0.3, -0.25) is 9.36 Å². The van der Waals surface area contributed by atoms with E-state index < -0.39 is 9.84 Å². The fourth-order valence-corrected chi connectivity index (χ4v) is 3.95. The minimum atomic E-state index is -3.34. The Labute approximate surface area is 110 Å². The summed E-state index contributed by atoms with van der Waals surface area (Å²) in [6, 6.07) is 6.64. The van der Waals surface area contributed by atoms with Gasteiger partial charge in [0, 0.05) is 6.54 Å². The normalized spacial score (nSPS) is 17.1. The molecule has 0 aliphatic carbocycles. The predicted molar refractivity (Wildman–Crippen MR) is 71.4 cm³/mol. The molecule has 5 nitrogen and oxygen atoms in total. The van der Waals surface area contributed by atoms with E-state index in [1.807, 2.05) is 0 Å². The Morgan fingerprint density at radius 2 is 2.05 bits per heavy atom. The quantitative estimate of drug-likeness (QED) is 0.786. The van der Waals surface area contributed by atoms with E-state index in [2.05, 4.69) is 0 Å². The standard InChI is InChI=1S/C13H13NO4S/c1-18-10-4-3-9-7-12-14(13(15)11(9)8-10)5-2-6-19(12,16)17/h3-4,7-8H,2,5-6H2,1H3. The van der Waals surface area contributed by atoms with E-state index in [4.69, 9.17) is 4.74 Å². The molecule has 1 aliphatic rings. The van der Waals surface area contributed by atoms with Gasteiger partial charge in [0.2, 0.25) is 0 Å². The highest BCUT2D eigenvalue weighted by Crippen LogP contribution is 2.24. The Morgan fingerprint density at radius 1 is 1.26 bits per heavy atom. The second-order valence-corrected chi connectivity index (χ2v) is 6.62. The van der Waals surface area contributed by atoms with Crippen molar-refractivity contribution in [3.63, 3.8) is 0 Å². The van der Waals surface area contributed by atoms with E-state index in [0.717, 1.165) is 0 Å². The summed E-state index contributed by atoms with van der Waals surface area (Å²) in [5.41, 5.74) is -0.269. The van der Waals surface area contributed by atoms with Gasteiger partial charge < -0.3 is 4.74 Å². The van der Waals surface area contributed by atoms with Crippen LogP contribution in [0.5, 0.6) is 5.75 Å². The van der Waals surface area contributed by atoms with Gasteiger partial charge in [-0.15, -0.1) is 0 Å². The Hall–Kier alpha value is -1.82. The number of aromatic nitrogens is 1. The first-order valence-electron chi connectivity index (χ1n) is 5.97. The van der Waals surface area contributed by atoms with E-state index in [1.165, 1.54) is 11.7 Å². The molecular weight excluding hydrogens is 266 g/mol. The first-order chi connectivity index (χ1) is 9.03. The van der Waals surface area contributed by atoms with Gasteiger partial charge in [-0.2, -0.15) is 0 Å². The largest absolute Gasteiger partial charge is 0.497 e. The highest BCUT2D eigenvalue weighted by Gasteiger charge is 2.25. The van der Waals surface area contributed by atoms with E-state index in [9.17, 15) is 13.2 Å². The zero-order chi connectivity index (χ0) is 13.6. The van der Waals surface area contributed by atoms with Crippen molar-refractivity contribution in [2.75, 3.05) is 12.9 Å². The molecule has 0 fully saturated rings. The molecule has 2 heterocycles. The number of fused-ring (bicyclic) bond motifs is 2. The molecule has 1 aromatic carbocycles. The molecule has 0 radical (unpaired) electrons. The fourth-order valence-electron chi connectivity index (χ4n) is 2.42. The van der Waals surface area contributed by atoms with Crippen molar-refractivity contribution in [3.8, 4) is 5.75 Å². The second kappa shape index (κ2) is 4.09. The number of hydrogen-bond acceptors (Lipinski definition) is 4. The van der Waals surface area contributed by atoms with Crippen LogP contribution in [0.4, 0.5) is 0 Å². The van der Waals surface area contributed by atoms with Gasteiger partial charge in [-0.1, -0.05) is 6.07 Å². The van der Waals surface area contributed by atoms with Gasteiger partial charge in [0.05, 0.1) is 18.2 Å². The molecule has 3 rings (SSSR count). The summed E-state index contributed by atoms with van der Waals surface area (Å²) < 4.78 is 30.5. The average Bonchev–Trinajstić information content (AvgIpc) is 2.40. The van der Waals surface area contributed by atoms with Crippen molar-refractivity contribution in [1.29, 1.82) is 0 Å². The van der Waals surface area contributed by atoms with E-state index in [0.29, 0.717) is 29.5 Å². The van der Waals surface area contributed by atoms with Crippen molar-refractivity contribution >= 4 is 20.6 Å².